The Hall–Kier alpha value is -0.670. The lowest BCUT2D eigenvalue weighted by molar-refractivity contribution is 0.242. The molecular weight excluding hydrogens is 182 g/mol. The maximum Gasteiger partial charge on any atom is 0.119 e. The molecule has 1 rings (SSSR count). The Morgan fingerprint density at radius 3 is 2.15 bits per heavy atom. The van der Waals surface area contributed by atoms with E-state index in [-0.39, 0.29) is 11.5 Å². The number of hydrogen-bond acceptors (Lipinski definition) is 3. The standard InChI is InChI=1S/C10H15NOS/c1-7(2)12-9-5-3-8(4-6-9)10(11)13/h3-7,10,13H,11H2,1-2H3. The zero-order valence-electron chi connectivity index (χ0n) is 7.90. The SMILES string of the molecule is CC(C)Oc1ccc(C(N)S)cc1. The first-order valence-corrected chi connectivity index (χ1v) is 4.81. The van der Waals surface area contributed by atoms with Gasteiger partial charge in [-0.2, -0.15) is 12.6 Å². The molecule has 0 amide bonds. The third-order valence-corrected chi connectivity index (χ3v) is 1.89. The molecule has 72 valence electrons. The predicted octanol–water partition coefficient (Wildman–Crippen LogP) is 2.36. The number of rotatable bonds is 3. The van der Waals surface area contributed by atoms with Gasteiger partial charge < -0.3 is 10.5 Å². The average molecular weight is 197 g/mol. The summed E-state index contributed by atoms with van der Waals surface area (Å²) in [5.41, 5.74) is 6.59. The van der Waals surface area contributed by atoms with Crippen molar-refractivity contribution in [1.29, 1.82) is 0 Å². The Balaban J connectivity index is 2.70. The Morgan fingerprint density at radius 2 is 1.77 bits per heavy atom. The molecule has 1 atom stereocenters. The highest BCUT2D eigenvalue weighted by Crippen LogP contribution is 2.18. The zero-order valence-corrected chi connectivity index (χ0v) is 8.79. The normalized spacial score (nSPS) is 13.0. The van der Waals surface area contributed by atoms with Crippen LogP contribution < -0.4 is 10.5 Å². The largest absolute Gasteiger partial charge is 0.491 e. The van der Waals surface area contributed by atoms with Crippen LogP contribution >= 0.6 is 12.6 Å². The molecule has 2 nitrogen and oxygen atoms in total. The molecule has 3 heteroatoms. The minimum absolute atomic E-state index is 0.204. The molecule has 0 spiro atoms. The Bertz CT molecular complexity index is 256. The molecule has 0 bridgehead atoms. The molecule has 0 aromatic heterocycles. The number of nitrogens with two attached hydrogens (primary N) is 1. The molecule has 0 aliphatic rings. The van der Waals surface area contributed by atoms with Crippen molar-refractivity contribution in [3.63, 3.8) is 0 Å². The zero-order chi connectivity index (χ0) is 9.84. The van der Waals surface area contributed by atoms with E-state index in [1.807, 2.05) is 38.1 Å². The van der Waals surface area contributed by atoms with Crippen molar-refractivity contribution in [1.82, 2.24) is 0 Å². The average Bonchev–Trinajstić information content (AvgIpc) is 2.04. The van der Waals surface area contributed by atoms with Gasteiger partial charge in [-0.05, 0) is 31.5 Å². The summed E-state index contributed by atoms with van der Waals surface area (Å²) in [6, 6.07) is 7.67. The van der Waals surface area contributed by atoms with Crippen molar-refractivity contribution in [2.45, 2.75) is 25.3 Å². The first-order chi connectivity index (χ1) is 6.09. The minimum atomic E-state index is -0.215. The van der Waals surface area contributed by atoms with Crippen LogP contribution in [0.5, 0.6) is 5.75 Å². The lowest BCUT2D eigenvalue weighted by Crippen LogP contribution is -2.06. The van der Waals surface area contributed by atoms with Crippen molar-refractivity contribution in [2.24, 2.45) is 5.73 Å². The van der Waals surface area contributed by atoms with Crippen LogP contribution in [-0.4, -0.2) is 6.10 Å². The highest BCUT2D eigenvalue weighted by molar-refractivity contribution is 7.80. The molecular formula is C10H15NOS. The van der Waals surface area contributed by atoms with Gasteiger partial charge in [-0.25, -0.2) is 0 Å². The van der Waals surface area contributed by atoms with Crippen LogP contribution in [0.4, 0.5) is 0 Å². The fourth-order valence-electron chi connectivity index (χ4n) is 1.02. The van der Waals surface area contributed by atoms with Crippen LogP contribution in [0.2, 0.25) is 0 Å². The smallest absolute Gasteiger partial charge is 0.119 e. The number of thiol groups is 1. The van der Waals surface area contributed by atoms with E-state index in [2.05, 4.69) is 12.6 Å². The molecule has 0 aliphatic carbocycles. The van der Waals surface area contributed by atoms with Gasteiger partial charge in [-0.3, -0.25) is 0 Å². The Labute approximate surface area is 84.5 Å². The van der Waals surface area contributed by atoms with E-state index in [4.69, 9.17) is 10.5 Å². The molecule has 0 heterocycles. The first-order valence-electron chi connectivity index (χ1n) is 4.30. The van der Waals surface area contributed by atoms with E-state index in [0.29, 0.717) is 0 Å². The first kappa shape index (κ1) is 10.4. The predicted molar refractivity (Wildman–Crippen MR) is 58.1 cm³/mol. The summed E-state index contributed by atoms with van der Waals surface area (Å²) < 4.78 is 5.48. The summed E-state index contributed by atoms with van der Waals surface area (Å²) in [6.07, 6.45) is 0.204. The fraction of sp³-hybridized carbons (Fsp3) is 0.400. The fourth-order valence-corrected chi connectivity index (χ4v) is 1.19. The summed E-state index contributed by atoms with van der Waals surface area (Å²) in [7, 11) is 0. The number of benzene rings is 1. The molecule has 1 aromatic rings. The third-order valence-electron chi connectivity index (χ3n) is 1.59. The number of ether oxygens (including phenoxy) is 1. The second-order valence-electron chi connectivity index (χ2n) is 3.18. The van der Waals surface area contributed by atoms with Crippen LogP contribution in [0.1, 0.15) is 24.8 Å². The van der Waals surface area contributed by atoms with E-state index in [0.717, 1.165) is 11.3 Å². The van der Waals surface area contributed by atoms with Crippen LogP contribution in [-0.2, 0) is 0 Å². The van der Waals surface area contributed by atoms with Crippen molar-refractivity contribution in [2.75, 3.05) is 0 Å². The van der Waals surface area contributed by atoms with E-state index in [1.165, 1.54) is 0 Å². The van der Waals surface area contributed by atoms with Gasteiger partial charge in [-0.15, -0.1) is 0 Å². The Morgan fingerprint density at radius 1 is 1.23 bits per heavy atom. The van der Waals surface area contributed by atoms with Crippen LogP contribution in [0.25, 0.3) is 0 Å². The van der Waals surface area contributed by atoms with Crippen molar-refractivity contribution >= 4 is 12.6 Å². The molecule has 2 N–H and O–H groups in total. The quantitative estimate of drug-likeness (QED) is 0.576. The minimum Gasteiger partial charge on any atom is -0.491 e. The van der Waals surface area contributed by atoms with E-state index in [9.17, 15) is 0 Å². The van der Waals surface area contributed by atoms with Gasteiger partial charge in [0.25, 0.3) is 0 Å². The molecule has 1 unspecified atom stereocenters. The summed E-state index contributed by atoms with van der Waals surface area (Å²) >= 11 is 4.13. The van der Waals surface area contributed by atoms with Crippen molar-refractivity contribution in [3.05, 3.63) is 29.8 Å². The maximum atomic E-state index is 5.59. The van der Waals surface area contributed by atoms with Gasteiger partial charge >= 0.3 is 0 Å². The van der Waals surface area contributed by atoms with Crippen LogP contribution in [0, 0.1) is 0 Å². The molecule has 1 aromatic carbocycles. The highest BCUT2D eigenvalue weighted by Gasteiger charge is 2.00. The topological polar surface area (TPSA) is 35.2 Å². The summed E-state index contributed by atoms with van der Waals surface area (Å²) in [4.78, 5) is 0. The highest BCUT2D eigenvalue weighted by atomic mass is 32.1. The summed E-state index contributed by atoms with van der Waals surface area (Å²) in [6.45, 7) is 4.00. The molecule has 13 heavy (non-hydrogen) atoms. The van der Waals surface area contributed by atoms with Gasteiger partial charge in [0.2, 0.25) is 0 Å². The van der Waals surface area contributed by atoms with Gasteiger partial charge in [0.05, 0.1) is 11.5 Å². The third kappa shape index (κ3) is 3.28. The van der Waals surface area contributed by atoms with Gasteiger partial charge in [0.15, 0.2) is 0 Å². The monoisotopic (exact) mass is 197 g/mol. The second kappa shape index (κ2) is 4.53. The van der Waals surface area contributed by atoms with Crippen molar-refractivity contribution < 1.29 is 4.74 Å². The van der Waals surface area contributed by atoms with Crippen molar-refractivity contribution in [3.8, 4) is 5.75 Å². The molecule has 0 saturated carbocycles. The van der Waals surface area contributed by atoms with Gasteiger partial charge in [0.1, 0.15) is 5.75 Å². The summed E-state index contributed by atoms with van der Waals surface area (Å²) in [5.74, 6) is 0.868. The summed E-state index contributed by atoms with van der Waals surface area (Å²) in [5, 5.41) is -0.215. The van der Waals surface area contributed by atoms with Crippen LogP contribution in [0.15, 0.2) is 24.3 Å². The lowest BCUT2D eigenvalue weighted by atomic mass is 10.2. The molecule has 0 saturated heterocycles. The van der Waals surface area contributed by atoms with Gasteiger partial charge in [-0.1, -0.05) is 12.1 Å². The lowest BCUT2D eigenvalue weighted by Gasteiger charge is -2.10. The Kier molecular flexibility index (Phi) is 3.63. The maximum absolute atomic E-state index is 5.59. The van der Waals surface area contributed by atoms with Gasteiger partial charge in [0, 0.05) is 0 Å². The number of hydrogen-bond donors (Lipinski definition) is 2. The van der Waals surface area contributed by atoms with E-state index >= 15 is 0 Å². The second-order valence-corrected chi connectivity index (χ2v) is 3.74. The molecule has 0 radical (unpaired) electrons. The van der Waals surface area contributed by atoms with Crippen LogP contribution in [0.3, 0.4) is 0 Å². The molecule has 0 aliphatic heterocycles. The molecule has 0 fully saturated rings. The van der Waals surface area contributed by atoms with E-state index < -0.39 is 0 Å². The van der Waals surface area contributed by atoms with E-state index in [1.54, 1.807) is 0 Å².